The molecule has 0 saturated heterocycles. The molecule has 0 aromatic rings. The van der Waals surface area contributed by atoms with Crippen molar-refractivity contribution in [1.82, 2.24) is 5.32 Å². The van der Waals surface area contributed by atoms with Gasteiger partial charge in [0.25, 0.3) is 0 Å². The van der Waals surface area contributed by atoms with Gasteiger partial charge in [-0.05, 0) is 56.8 Å². The third kappa shape index (κ3) is 1.99. The average Bonchev–Trinajstić information content (AvgIpc) is 2.77. The first-order valence-corrected chi connectivity index (χ1v) is 7.04. The van der Waals surface area contributed by atoms with E-state index in [9.17, 15) is 4.79 Å². The number of hydrogen-bond acceptors (Lipinski definition) is 1. The summed E-state index contributed by atoms with van der Waals surface area (Å²) in [5, 5.41) is 3.27. The fourth-order valence-corrected chi connectivity index (χ4v) is 3.85. The van der Waals surface area contributed by atoms with Crippen LogP contribution in [0.3, 0.4) is 0 Å². The first-order valence-electron chi connectivity index (χ1n) is 7.04. The quantitative estimate of drug-likeness (QED) is 0.780. The molecule has 0 radical (unpaired) electrons. The molecule has 1 N–H and O–H groups in total. The number of rotatable bonds is 3. The average molecular weight is 221 g/mol. The molecule has 90 valence electrons. The third-order valence-corrected chi connectivity index (χ3v) is 5.09. The fraction of sp³-hybridized carbons (Fsp3) is 0.929. The van der Waals surface area contributed by atoms with Gasteiger partial charge in [-0.15, -0.1) is 0 Å². The molecule has 1 amide bonds. The Bertz CT molecular complexity index is 272. The fourth-order valence-electron chi connectivity index (χ4n) is 3.85. The zero-order valence-corrected chi connectivity index (χ0v) is 10.2. The van der Waals surface area contributed by atoms with Gasteiger partial charge in [0.05, 0.1) is 0 Å². The van der Waals surface area contributed by atoms with Crippen LogP contribution >= 0.6 is 0 Å². The van der Waals surface area contributed by atoms with Gasteiger partial charge in [-0.1, -0.05) is 12.8 Å². The Morgan fingerprint density at radius 3 is 2.38 bits per heavy atom. The standard InChI is InChI=1S/C14H23NO/c1-9(10-4-2-3-5-10)15-14(16)13-7-11-6-12(11)8-13/h9-13H,2-8H2,1H3,(H,15,16)/t9-,11?,12?,13?/m0/s1. The van der Waals surface area contributed by atoms with Gasteiger partial charge in [0.15, 0.2) is 0 Å². The summed E-state index contributed by atoms with van der Waals surface area (Å²) in [6.07, 6.45) is 9.11. The Hall–Kier alpha value is -0.530. The lowest BCUT2D eigenvalue weighted by Gasteiger charge is -2.22. The van der Waals surface area contributed by atoms with Gasteiger partial charge in [-0.2, -0.15) is 0 Å². The minimum atomic E-state index is 0.353. The Morgan fingerprint density at radius 2 is 1.75 bits per heavy atom. The van der Waals surface area contributed by atoms with Crippen molar-refractivity contribution in [1.29, 1.82) is 0 Å². The molecule has 3 saturated carbocycles. The summed E-state index contributed by atoms with van der Waals surface area (Å²) in [5.74, 6) is 3.29. The summed E-state index contributed by atoms with van der Waals surface area (Å²) in [7, 11) is 0. The zero-order chi connectivity index (χ0) is 11.1. The molecule has 0 spiro atoms. The number of carbonyl (C=O) groups excluding carboxylic acids is 1. The van der Waals surface area contributed by atoms with E-state index in [-0.39, 0.29) is 0 Å². The van der Waals surface area contributed by atoms with E-state index in [1.807, 2.05) is 0 Å². The number of amides is 1. The van der Waals surface area contributed by atoms with E-state index in [4.69, 9.17) is 0 Å². The van der Waals surface area contributed by atoms with Crippen LogP contribution < -0.4 is 5.32 Å². The van der Waals surface area contributed by atoms with E-state index in [2.05, 4.69) is 12.2 Å². The maximum absolute atomic E-state index is 12.1. The van der Waals surface area contributed by atoms with Crippen LogP contribution in [0.4, 0.5) is 0 Å². The van der Waals surface area contributed by atoms with E-state index < -0.39 is 0 Å². The minimum Gasteiger partial charge on any atom is -0.353 e. The van der Waals surface area contributed by atoms with E-state index >= 15 is 0 Å². The van der Waals surface area contributed by atoms with Crippen LogP contribution in [0.25, 0.3) is 0 Å². The Kier molecular flexibility index (Phi) is 2.68. The van der Waals surface area contributed by atoms with Crippen molar-refractivity contribution in [2.45, 2.75) is 57.9 Å². The summed E-state index contributed by atoms with van der Waals surface area (Å²) >= 11 is 0. The van der Waals surface area contributed by atoms with Gasteiger partial charge in [0.1, 0.15) is 0 Å². The molecule has 0 aromatic heterocycles. The van der Waals surface area contributed by atoms with Gasteiger partial charge < -0.3 is 5.32 Å². The van der Waals surface area contributed by atoms with Crippen LogP contribution in [0.1, 0.15) is 51.9 Å². The molecule has 16 heavy (non-hydrogen) atoms. The van der Waals surface area contributed by atoms with Crippen LogP contribution in [0, 0.1) is 23.7 Å². The second-order valence-electron chi connectivity index (χ2n) is 6.27. The van der Waals surface area contributed by atoms with Gasteiger partial charge in [0, 0.05) is 12.0 Å². The minimum absolute atomic E-state index is 0.353. The highest BCUT2D eigenvalue weighted by molar-refractivity contribution is 5.79. The van der Waals surface area contributed by atoms with E-state index in [0.29, 0.717) is 17.9 Å². The van der Waals surface area contributed by atoms with Crippen LogP contribution in [0.5, 0.6) is 0 Å². The third-order valence-electron chi connectivity index (χ3n) is 5.09. The molecule has 3 rings (SSSR count). The van der Waals surface area contributed by atoms with Crippen molar-refractivity contribution in [3.63, 3.8) is 0 Å². The van der Waals surface area contributed by atoms with Crippen molar-refractivity contribution in [2.24, 2.45) is 23.7 Å². The second kappa shape index (κ2) is 4.05. The van der Waals surface area contributed by atoms with Gasteiger partial charge in [-0.25, -0.2) is 0 Å². The van der Waals surface area contributed by atoms with Crippen LogP contribution in [-0.2, 0) is 4.79 Å². The smallest absolute Gasteiger partial charge is 0.223 e. The Labute approximate surface area is 98.2 Å². The summed E-state index contributed by atoms with van der Waals surface area (Å²) in [6, 6.07) is 0.409. The second-order valence-corrected chi connectivity index (χ2v) is 6.27. The van der Waals surface area contributed by atoms with Gasteiger partial charge in [0.2, 0.25) is 5.91 Å². The summed E-state index contributed by atoms with van der Waals surface area (Å²) in [4.78, 5) is 12.1. The maximum atomic E-state index is 12.1. The zero-order valence-electron chi connectivity index (χ0n) is 10.2. The first-order chi connectivity index (χ1) is 7.74. The lowest BCUT2D eigenvalue weighted by atomic mass is 9.97. The van der Waals surface area contributed by atoms with Crippen molar-refractivity contribution < 1.29 is 4.79 Å². The Balaban J connectivity index is 1.48. The number of fused-ring (bicyclic) bond motifs is 1. The molecule has 2 nitrogen and oxygen atoms in total. The topological polar surface area (TPSA) is 29.1 Å². The molecular weight excluding hydrogens is 198 g/mol. The van der Waals surface area contributed by atoms with Crippen molar-refractivity contribution in [3.05, 3.63) is 0 Å². The molecular formula is C14H23NO. The van der Waals surface area contributed by atoms with Crippen LogP contribution in [0.15, 0.2) is 0 Å². The molecule has 2 unspecified atom stereocenters. The highest BCUT2D eigenvalue weighted by Gasteiger charge is 2.48. The van der Waals surface area contributed by atoms with Crippen LogP contribution in [0.2, 0.25) is 0 Å². The highest BCUT2D eigenvalue weighted by atomic mass is 16.1. The molecule has 2 heteroatoms. The van der Waals surface area contributed by atoms with E-state index in [1.165, 1.54) is 44.9 Å². The SMILES string of the molecule is C[C@H](NC(=O)C1CC2CC2C1)C1CCCC1. The van der Waals surface area contributed by atoms with Crippen molar-refractivity contribution in [2.75, 3.05) is 0 Å². The molecule has 0 aliphatic heterocycles. The number of hydrogen-bond donors (Lipinski definition) is 1. The maximum Gasteiger partial charge on any atom is 0.223 e. The number of nitrogens with one attached hydrogen (secondary N) is 1. The van der Waals surface area contributed by atoms with Gasteiger partial charge >= 0.3 is 0 Å². The molecule has 0 aromatic carbocycles. The largest absolute Gasteiger partial charge is 0.353 e. The van der Waals surface area contributed by atoms with Crippen molar-refractivity contribution >= 4 is 5.91 Å². The lowest BCUT2D eigenvalue weighted by Crippen LogP contribution is -2.40. The molecule has 0 bridgehead atoms. The summed E-state index contributed by atoms with van der Waals surface area (Å²) < 4.78 is 0. The lowest BCUT2D eigenvalue weighted by molar-refractivity contribution is -0.126. The molecule has 3 aliphatic rings. The van der Waals surface area contributed by atoms with E-state index in [0.717, 1.165) is 17.8 Å². The predicted molar refractivity (Wildman–Crippen MR) is 63.9 cm³/mol. The molecule has 0 heterocycles. The van der Waals surface area contributed by atoms with Gasteiger partial charge in [-0.3, -0.25) is 4.79 Å². The molecule has 3 atom stereocenters. The molecule has 3 fully saturated rings. The van der Waals surface area contributed by atoms with E-state index in [1.54, 1.807) is 0 Å². The highest BCUT2D eigenvalue weighted by Crippen LogP contribution is 2.54. The first kappa shape index (κ1) is 10.6. The van der Waals surface area contributed by atoms with Crippen LogP contribution in [-0.4, -0.2) is 11.9 Å². The van der Waals surface area contributed by atoms with Crippen molar-refractivity contribution in [3.8, 4) is 0 Å². The monoisotopic (exact) mass is 221 g/mol. The normalized spacial score (nSPS) is 39.4. The number of carbonyl (C=O) groups is 1. The summed E-state index contributed by atoms with van der Waals surface area (Å²) in [6.45, 7) is 2.20. The Morgan fingerprint density at radius 1 is 1.12 bits per heavy atom. The summed E-state index contributed by atoms with van der Waals surface area (Å²) in [5.41, 5.74) is 0. The predicted octanol–water partition coefficient (Wildman–Crippen LogP) is 2.73. The molecule has 3 aliphatic carbocycles.